The minimum Gasteiger partial charge on any atom is -0.391 e. The lowest BCUT2D eigenvalue weighted by Crippen LogP contribution is -2.47. The van der Waals surface area contributed by atoms with E-state index >= 15 is 0 Å². The summed E-state index contributed by atoms with van der Waals surface area (Å²) in [5, 5.41) is 3.17. The Balaban J connectivity index is 1.96. The Kier molecular flexibility index (Phi) is 3.31. The minimum atomic E-state index is -0.348. The van der Waals surface area contributed by atoms with Crippen molar-refractivity contribution in [2.75, 3.05) is 26.2 Å². The lowest BCUT2D eigenvalue weighted by atomic mass is 10.4. The van der Waals surface area contributed by atoms with Gasteiger partial charge in [0.05, 0.1) is 0 Å². The number of piperazine rings is 1. The molecule has 0 aromatic carbocycles. The molecule has 16 heavy (non-hydrogen) atoms. The molecule has 1 amide bonds. The van der Waals surface area contributed by atoms with Gasteiger partial charge in [-0.25, -0.2) is 14.8 Å². The second-order valence-corrected chi connectivity index (χ2v) is 3.60. The van der Waals surface area contributed by atoms with Crippen LogP contribution in [0.2, 0.25) is 0 Å². The van der Waals surface area contributed by atoms with Crippen LogP contribution in [-0.2, 0) is 0 Å². The number of aromatic nitrogens is 2. The highest BCUT2D eigenvalue weighted by Crippen LogP contribution is 2.08. The second-order valence-electron chi connectivity index (χ2n) is 3.60. The van der Waals surface area contributed by atoms with Crippen LogP contribution in [-0.4, -0.2) is 47.1 Å². The molecule has 0 aliphatic carbocycles. The Morgan fingerprint density at radius 1 is 1.44 bits per heavy atom. The topological polar surface area (TPSA) is 67.3 Å². The number of aryl methyl sites for hydroxylation is 1. The normalized spacial score (nSPS) is 15.9. The van der Waals surface area contributed by atoms with Gasteiger partial charge in [0.15, 0.2) is 0 Å². The summed E-state index contributed by atoms with van der Waals surface area (Å²) in [6, 6.07) is 1.64. The van der Waals surface area contributed by atoms with Crippen molar-refractivity contribution < 1.29 is 9.53 Å². The maximum absolute atomic E-state index is 11.7. The molecule has 2 heterocycles. The highest BCUT2D eigenvalue weighted by atomic mass is 16.6. The number of rotatable bonds is 1. The standard InChI is InChI=1S/C10H14N4O2/c1-8-6-9(13-7-12-8)16-10(15)14-4-2-11-3-5-14/h6-7,11H,2-5H2,1H3. The molecule has 0 unspecified atom stereocenters. The van der Waals surface area contributed by atoms with Crippen LogP contribution in [0.5, 0.6) is 5.88 Å². The third kappa shape index (κ3) is 2.66. The van der Waals surface area contributed by atoms with E-state index in [9.17, 15) is 4.79 Å². The first-order chi connectivity index (χ1) is 7.75. The van der Waals surface area contributed by atoms with Crippen molar-refractivity contribution in [1.82, 2.24) is 20.2 Å². The predicted octanol–water partition coefficient (Wildman–Crippen LogP) is 0.189. The van der Waals surface area contributed by atoms with Gasteiger partial charge in [0.2, 0.25) is 5.88 Å². The van der Waals surface area contributed by atoms with Gasteiger partial charge in [0, 0.05) is 37.9 Å². The Bertz CT molecular complexity index is 377. The number of carbonyl (C=O) groups excluding carboxylic acids is 1. The van der Waals surface area contributed by atoms with Gasteiger partial charge in [-0.05, 0) is 6.92 Å². The zero-order valence-corrected chi connectivity index (χ0v) is 9.14. The molecule has 0 radical (unpaired) electrons. The summed E-state index contributed by atoms with van der Waals surface area (Å²) < 4.78 is 5.14. The fourth-order valence-corrected chi connectivity index (χ4v) is 1.49. The van der Waals surface area contributed by atoms with E-state index in [0.717, 1.165) is 18.8 Å². The van der Waals surface area contributed by atoms with E-state index < -0.39 is 0 Å². The van der Waals surface area contributed by atoms with Crippen LogP contribution >= 0.6 is 0 Å². The summed E-state index contributed by atoms with van der Waals surface area (Å²) in [4.78, 5) is 21.2. The van der Waals surface area contributed by atoms with Crippen LogP contribution in [0.3, 0.4) is 0 Å². The molecule has 2 rings (SSSR count). The van der Waals surface area contributed by atoms with E-state index in [1.54, 1.807) is 11.0 Å². The summed E-state index contributed by atoms with van der Waals surface area (Å²) in [6.07, 6.45) is 1.04. The molecule has 1 aliphatic heterocycles. The number of nitrogens with zero attached hydrogens (tertiary/aromatic N) is 3. The molecule has 86 valence electrons. The molecule has 1 saturated heterocycles. The van der Waals surface area contributed by atoms with Crippen LogP contribution in [0.25, 0.3) is 0 Å². The third-order valence-electron chi connectivity index (χ3n) is 2.35. The molecular weight excluding hydrogens is 208 g/mol. The number of hydrogen-bond acceptors (Lipinski definition) is 5. The van der Waals surface area contributed by atoms with E-state index in [0.29, 0.717) is 19.0 Å². The van der Waals surface area contributed by atoms with Gasteiger partial charge in [-0.3, -0.25) is 0 Å². The van der Waals surface area contributed by atoms with E-state index in [-0.39, 0.29) is 6.09 Å². The van der Waals surface area contributed by atoms with E-state index in [1.807, 2.05) is 6.92 Å². The third-order valence-corrected chi connectivity index (χ3v) is 2.35. The zero-order chi connectivity index (χ0) is 11.4. The van der Waals surface area contributed by atoms with Crippen molar-refractivity contribution in [3.8, 4) is 5.88 Å². The van der Waals surface area contributed by atoms with Crippen molar-refractivity contribution in [3.05, 3.63) is 18.1 Å². The Labute approximate surface area is 93.6 Å². The second kappa shape index (κ2) is 4.89. The first-order valence-electron chi connectivity index (χ1n) is 5.22. The van der Waals surface area contributed by atoms with Gasteiger partial charge >= 0.3 is 6.09 Å². The fraction of sp³-hybridized carbons (Fsp3) is 0.500. The van der Waals surface area contributed by atoms with E-state index in [2.05, 4.69) is 15.3 Å². The highest BCUT2D eigenvalue weighted by Gasteiger charge is 2.18. The largest absolute Gasteiger partial charge is 0.416 e. The molecule has 1 aromatic heterocycles. The molecule has 1 aliphatic rings. The van der Waals surface area contributed by atoms with Crippen LogP contribution in [0, 0.1) is 6.92 Å². The van der Waals surface area contributed by atoms with Crippen LogP contribution in [0.4, 0.5) is 4.79 Å². The van der Waals surface area contributed by atoms with Gasteiger partial charge in [-0.2, -0.15) is 0 Å². The first-order valence-corrected chi connectivity index (χ1v) is 5.22. The molecule has 6 nitrogen and oxygen atoms in total. The predicted molar refractivity (Wildman–Crippen MR) is 57.2 cm³/mol. The molecule has 0 saturated carbocycles. The van der Waals surface area contributed by atoms with Gasteiger partial charge in [-0.15, -0.1) is 0 Å². The quantitative estimate of drug-likeness (QED) is 0.734. The number of hydrogen-bond donors (Lipinski definition) is 1. The number of ether oxygens (including phenoxy) is 1. The summed E-state index contributed by atoms with van der Waals surface area (Å²) in [5.41, 5.74) is 0.776. The van der Waals surface area contributed by atoms with Crippen molar-refractivity contribution in [2.45, 2.75) is 6.92 Å². The average Bonchev–Trinajstić information content (AvgIpc) is 2.30. The first kappa shape index (κ1) is 10.8. The van der Waals surface area contributed by atoms with Crippen LogP contribution in [0.1, 0.15) is 5.69 Å². The summed E-state index contributed by atoms with van der Waals surface area (Å²) >= 11 is 0. The molecule has 6 heteroatoms. The van der Waals surface area contributed by atoms with Crippen molar-refractivity contribution in [1.29, 1.82) is 0 Å². The molecular formula is C10H14N4O2. The molecule has 1 N–H and O–H groups in total. The Morgan fingerprint density at radius 2 is 2.19 bits per heavy atom. The maximum atomic E-state index is 11.7. The zero-order valence-electron chi connectivity index (χ0n) is 9.14. The summed E-state index contributed by atoms with van der Waals surface area (Å²) in [7, 11) is 0. The lowest BCUT2D eigenvalue weighted by Gasteiger charge is -2.26. The number of nitrogens with one attached hydrogen (secondary N) is 1. The Morgan fingerprint density at radius 3 is 2.88 bits per heavy atom. The number of carbonyl (C=O) groups is 1. The number of amides is 1. The van der Waals surface area contributed by atoms with Gasteiger partial charge in [0.25, 0.3) is 0 Å². The van der Waals surface area contributed by atoms with E-state index in [1.165, 1.54) is 6.33 Å². The van der Waals surface area contributed by atoms with Crippen molar-refractivity contribution in [3.63, 3.8) is 0 Å². The van der Waals surface area contributed by atoms with Gasteiger partial charge < -0.3 is 15.0 Å². The monoisotopic (exact) mass is 222 g/mol. The van der Waals surface area contributed by atoms with Gasteiger partial charge in [0.1, 0.15) is 6.33 Å². The highest BCUT2D eigenvalue weighted by molar-refractivity contribution is 5.70. The maximum Gasteiger partial charge on any atom is 0.416 e. The summed E-state index contributed by atoms with van der Waals surface area (Å²) in [6.45, 7) is 4.77. The Hall–Kier alpha value is -1.69. The average molecular weight is 222 g/mol. The molecule has 1 aromatic rings. The van der Waals surface area contributed by atoms with Crippen molar-refractivity contribution in [2.24, 2.45) is 0 Å². The van der Waals surface area contributed by atoms with E-state index in [4.69, 9.17) is 4.74 Å². The minimum absolute atomic E-state index is 0.302. The van der Waals surface area contributed by atoms with Crippen molar-refractivity contribution >= 4 is 6.09 Å². The van der Waals surface area contributed by atoms with Crippen LogP contribution in [0.15, 0.2) is 12.4 Å². The smallest absolute Gasteiger partial charge is 0.391 e. The SMILES string of the molecule is Cc1cc(OC(=O)N2CCNCC2)ncn1. The lowest BCUT2D eigenvalue weighted by molar-refractivity contribution is 0.144. The molecule has 0 atom stereocenters. The molecule has 0 bridgehead atoms. The fourth-order valence-electron chi connectivity index (χ4n) is 1.49. The van der Waals surface area contributed by atoms with Crippen LogP contribution < -0.4 is 10.1 Å². The summed E-state index contributed by atoms with van der Waals surface area (Å²) in [5.74, 6) is 0.302. The van der Waals surface area contributed by atoms with Gasteiger partial charge in [-0.1, -0.05) is 0 Å². The molecule has 0 spiro atoms. The molecule has 1 fully saturated rings.